The molecule has 20 heavy (non-hydrogen) atoms. The fraction of sp³-hybridized carbons (Fsp3) is 0.471. The monoisotopic (exact) mass is 269 g/mol. The Hall–Kier alpha value is -1.61. The van der Waals surface area contributed by atoms with Crippen LogP contribution in [-0.2, 0) is 12.0 Å². The summed E-state index contributed by atoms with van der Waals surface area (Å²) in [4.78, 5) is 0. The molecule has 2 N–H and O–H groups in total. The predicted molar refractivity (Wildman–Crippen MR) is 81.4 cm³/mol. The van der Waals surface area contributed by atoms with Crippen molar-refractivity contribution in [1.29, 1.82) is 0 Å². The fourth-order valence-electron chi connectivity index (χ4n) is 3.59. The summed E-state index contributed by atoms with van der Waals surface area (Å²) in [5, 5.41) is 4.39. The highest BCUT2D eigenvalue weighted by Gasteiger charge is 2.42. The Bertz CT molecular complexity index is 553. The molecule has 1 saturated carbocycles. The van der Waals surface area contributed by atoms with Gasteiger partial charge in [0.2, 0.25) is 0 Å². The van der Waals surface area contributed by atoms with E-state index in [4.69, 9.17) is 5.73 Å². The molecule has 3 nitrogen and oxygen atoms in total. The van der Waals surface area contributed by atoms with Crippen molar-refractivity contribution in [1.82, 2.24) is 9.78 Å². The zero-order valence-corrected chi connectivity index (χ0v) is 12.1. The highest BCUT2D eigenvalue weighted by molar-refractivity contribution is 5.32. The zero-order valence-electron chi connectivity index (χ0n) is 12.1. The van der Waals surface area contributed by atoms with E-state index in [1.165, 1.54) is 31.2 Å². The first-order chi connectivity index (χ1) is 9.76. The fourth-order valence-corrected chi connectivity index (χ4v) is 3.59. The maximum atomic E-state index is 6.68. The van der Waals surface area contributed by atoms with Crippen molar-refractivity contribution in [3.63, 3.8) is 0 Å². The lowest BCUT2D eigenvalue weighted by molar-refractivity contribution is 0.356. The van der Waals surface area contributed by atoms with Crippen LogP contribution in [0.2, 0.25) is 0 Å². The number of nitrogens with zero attached hydrogens (tertiary/aromatic N) is 2. The number of nitrogens with two attached hydrogens (primary N) is 1. The molecule has 0 spiro atoms. The maximum absolute atomic E-state index is 6.68. The van der Waals surface area contributed by atoms with E-state index in [9.17, 15) is 0 Å². The van der Waals surface area contributed by atoms with Gasteiger partial charge in [-0.2, -0.15) is 5.10 Å². The topological polar surface area (TPSA) is 43.8 Å². The molecule has 1 aliphatic rings. The first-order valence-corrected chi connectivity index (χ1v) is 7.60. The smallest absolute Gasteiger partial charge is 0.0537 e. The van der Waals surface area contributed by atoms with Crippen LogP contribution in [0.25, 0.3) is 0 Å². The lowest BCUT2D eigenvalue weighted by Gasteiger charge is -2.35. The van der Waals surface area contributed by atoms with Gasteiger partial charge in [-0.15, -0.1) is 0 Å². The minimum atomic E-state index is 0.0349. The Labute approximate surface area is 120 Å². The van der Waals surface area contributed by atoms with Crippen molar-refractivity contribution in [3.05, 3.63) is 53.9 Å². The molecule has 3 rings (SSSR count). The van der Waals surface area contributed by atoms with Gasteiger partial charge in [0, 0.05) is 29.8 Å². The minimum absolute atomic E-state index is 0.0349. The van der Waals surface area contributed by atoms with Crippen LogP contribution in [0.5, 0.6) is 0 Å². The van der Waals surface area contributed by atoms with Crippen LogP contribution in [0, 0.1) is 0 Å². The van der Waals surface area contributed by atoms with Crippen molar-refractivity contribution < 1.29 is 0 Å². The van der Waals surface area contributed by atoms with E-state index < -0.39 is 0 Å². The summed E-state index contributed by atoms with van der Waals surface area (Å²) in [5.74, 6) is 0. The molecule has 1 atom stereocenters. The lowest BCUT2D eigenvalue weighted by Crippen LogP contribution is -2.36. The van der Waals surface area contributed by atoms with Gasteiger partial charge in [-0.05, 0) is 25.3 Å². The highest BCUT2D eigenvalue weighted by atomic mass is 15.3. The van der Waals surface area contributed by atoms with E-state index in [-0.39, 0.29) is 11.5 Å². The molecule has 1 aromatic heterocycles. The van der Waals surface area contributed by atoms with Gasteiger partial charge in [-0.3, -0.25) is 4.68 Å². The number of aromatic nitrogens is 2. The Morgan fingerprint density at radius 3 is 2.55 bits per heavy atom. The highest BCUT2D eigenvalue weighted by Crippen LogP contribution is 2.48. The van der Waals surface area contributed by atoms with Gasteiger partial charge in [-0.25, -0.2) is 0 Å². The molecule has 0 radical (unpaired) electrons. The van der Waals surface area contributed by atoms with Crippen LogP contribution in [0.1, 0.15) is 49.8 Å². The number of hydrogen-bond donors (Lipinski definition) is 1. The molecule has 1 fully saturated rings. The second kappa shape index (κ2) is 5.41. The van der Waals surface area contributed by atoms with Crippen molar-refractivity contribution in [2.45, 2.75) is 50.6 Å². The number of aryl methyl sites for hydroxylation is 1. The van der Waals surface area contributed by atoms with Gasteiger partial charge >= 0.3 is 0 Å². The quantitative estimate of drug-likeness (QED) is 0.924. The summed E-state index contributed by atoms with van der Waals surface area (Å²) < 4.78 is 1.96. The molecule has 106 valence electrons. The molecule has 1 aromatic carbocycles. The lowest BCUT2D eigenvalue weighted by atomic mass is 9.71. The van der Waals surface area contributed by atoms with E-state index in [1.54, 1.807) is 0 Å². The third-order valence-corrected chi connectivity index (χ3v) is 4.78. The Morgan fingerprint density at radius 2 is 1.95 bits per heavy atom. The number of benzene rings is 1. The standard InChI is InChI=1S/C17H23N3/c1-2-20-13-14(12-19-20)16(18)17(10-6-7-11-17)15-8-4-3-5-9-15/h3-5,8-9,12-13,16H,2,6-7,10-11,18H2,1H3. The van der Waals surface area contributed by atoms with Gasteiger partial charge in [0.15, 0.2) is 0 Å². The first kappa shape index (κ1) is 13.4. The molecular weight excluding hydrogens is 246 g/mol. The number of hydrogen-bond acceptors (Lipinski definition) is 2. The predicted octanol–water partition coefficient (Wildman–Crippen LogP) is 3.41. The number of rotatable bonds is 4. The molecule has 1 unspecified atom stereocenters. The zero-order chi connectivity index (χ0) is 14.0. The molecule has 1 aliphatic carbocycles. The molecular formula is C17H23N3. The van der Waals surface area contributed by atoms with Crippen molar-refractivity contribution in [2.75, 3.05) is 0 Å². The summed E-state index contributed by atoms with van der Waals surface area (Å²) in [6, 6.07) is 10.8. The van der Waals surface area contributed by atoms with Crippen LogP contribution < -0.4 is 5.73 Å². The van der Waals surface area contributed by atoms with Crippen molar-refractivity contribution in [2.24, 2.45) is 5.73 Å². The molecule has 0 amide bonds. The maximum Gasteiger partial charge on any atom is 0.0537 e. The molecule has 1 heterocycles. The molecule has 2 aromatic rings. The SMILES string of the molecule is CCn1cc(C(N)C2(c3ccccc3)CCCC2)cn1. The van der Waals surface area contributed by atoms with Crippen molar-refractivity contribution >= 4 is 0 Å². The molecule has 0 aliphatic heterocycles. The third kappa shape index (κ3) is 2.16. The largest absolute Gasteiger partial charge is 0.323 e. The Balaban J connectivity index is 1.98. The van der Waals surface area contributed by atoms with Crippen molar-refractivity contribution in [3.8, 4) is 0 Å². The van der Waals surface area contributed by atoms with E-state index in [2.05, 4.69) is 48.6 Å². The molecule has 0 bridgehead atoms. The van der Waals surface area contributed by atoms with E-state index in [0.717, 1.165) is 12.1 Å². The van der Waals surface area contributed by atoms with Crippen LogP contribution >= 0.6 is 0 Å². The molecule has 0 saturated heterocycles. The minimum Gasteiger partial charge on any atom is -0.323 e. The van der Waals surface area contributed by atoms with Gasteiger partial charge in [-0.1, -0.05) is 43.2 Å². The summed E-state index contributed by atoms with van der Waals surface area (Å²) >= 11 is 0. The van der Waals surface area contributed by atoms with Gasteiger partial charge in [0.05, 0.1) is 6.20 Å². The Kier molecular flexibility index (Phi) is 3.62. The van der Waals surface area contributed by atoms with E-state index in [0.29, 0.717) is 0 Å². The van der Waals surface area contributed by atoms with Gasteiger partial charge < -0.3 is 5.73 Å². The van der Waals surface area contributed by atoms with Crippen LogP contribution in [0.4, 0.5) is 0 Å². The average Bonchev–Trinajstić information content (AvgIpc) is 3.17. The second-order valence-corrected chi connectivity index (χ2v) is 5.84. The normalized spacial score (nSPS) is 19.1. The Morgan fingerprint density at radius 1 is 1.25 bits per heavy atom. The first-order valence-electron chi connectivity index (χ1n) is 7.60. The van der Waals surface area contributed by atoms with Crippen LogP contribution in [0.15, 0.2) is 42.7 Å². The van der Waals surface area contributed by atoms with Gasteiger partial charge in [0.1, 0.15) is 0 Å². The third-order valence-electron chi connectivity index (χ3n) is 4.78. The van der Waals surface area contributed by atoms with Crippen LogP contribution in [0.3, 0.4) is 0 Å². The van der Waals surface area contributed by atoms with E-state index in [1.807, 2.05) is 10.9 Å². The van der Waals surface area contributed by atoms with Crippen LogP contribution in [-0.4, -0.2) is 9.78 Å². The summed E-state index contributed by atoms with van der Waals surface area (Å²) in [7, 11) is 0. The summed E-state index contributed by atoms with van der Waals surface area (Å²) in [6.07, 6.45) is 8.94. The molecule has 3 heteroatoms. The van der Waals surface area contributed by atoms with E-state index >= 15 is 0 Å². The van der Waals surface area contributed by atoms with Gasteiger partial charge in [0.25, 0.3) is 0 Å². The summed E-state index contributed by atoms with van der Waals surface area (Å²) in [6.45, 7) is 3.00. The average molecular weight is 269 g/mol. The summed E-state index contributed by atoms with van der Waals surface area (Å²) in [5.41, 5.74) is 9.32. The second-order valence-electron chi connectivity index (χ2n) is 5.84.